The topological polar surface area (TPSA) is 93.2 Å². The summed E-state index contributed by atoms with van der Waals surface area (Å²) in [5, 5.41) is 14.2. The average molecular weight is 292 g/mol. The van der Waals surface area contributed by atoms with Crippen molar-refractivity contribution in [1.82, 2.24) is 0 Å². The van der Waals surface area contributed by atoms with Gasteiger partial charge in [0.2, 0.25) is 0 Å². The van der Waals surface area contributed by atoms with Gasteiger partial charge < -0.3 is 10.7 Å². The standard InChI is InChI=1S/C15H24N4O2/c1-2-11-3-5-12(6-4-11)10-17-13-7-14(18-16)9-15(8-13)19(20)21/h7-9,11-12,17-18H,2-6,10,16H2,1H3. The van der Waals surface area contributed by atoms with Crippen molar-refractivity contribution in [2.24, 2.45) is 17.7 Å². The zero-order valence-corrected chi connectivity index (χ0v) is 12.5. The largest absolute Gasteiger partial charge is 0.385 e. The van der Waals surface area contributed by atoms with Crippen LogP contribution in [0.15, 0.2) is 18.2 Å². The van der Waals surface area contributed by atoms with Crippen molar-refractivity contribution < 1.29 is 4.92 Å². The van der Waals surface area contributed by atoms with Gasteiger partial charge in [0.05, 0.1) is 10.6 Å². The molecule has 0 saturated heterocycles. The predicted molar refractivity (Wildman–Crippen MR) is 85.1 cm³/mol. The summed E-state index contributed by atoms with van der Waals surface area (Å²) >= 11 is 0. The second kappa shape index (κ2) is 7.26. The van der Waals surface area contributed by atoms with Crippen LogP contribution in [0.3, 0.4) is 0 Å². The zero-order valence-electron chi connectivity index (χ0n) is 12.5. The van der Waals surface area contributed by atoms with Crippen LogP contribution < -0.4 is 16.6 Å². The molecule has 21 heavy (non-hydrogen) atoms. The van der Waals surface area contributed by atoms with Gasteiger partial charge in [-0.05, 0) is 30.7 Å². The van der Waals surface area contributed by atoms with Gasteiger partial charge in [-0.15, -0.1) is 0 Å². The molecule has 2 rings (SSSR count). The fourth-order valence-corrected chi connectivity index (χ4v) is 3.01. The van der Waals surface area contributed by atoms with Gasteiger partial charge in [0.25, 0.3) is 5.69 Å². The van der Waals surface area contributed by atoms with Crippen LogP contribution in [0, 0.1) is 22.0 Å². The van der Waals surface area contributed by atoms with Gasteiger partial charge in [-0.1, -0.05) is 26.2 Å². The van der Waals surface area contributed by atoms with Crippen LogP contribution in [-0.4, -0.2) is 11.5 Å². The molecule has 4 N–H and O–H groups in total. The highest BCUT2D eigenvalue weighted by Crippen LogP contribution is 2.31. The molecule has 1 aliphatic carbocycles. The number of nitrogen functional groups attached to an aromatic ring is 1. The van der Waals surface area contributed by atoms with Gasteiger partial charge in [0.1, 0.15) is 0 Å². The normalized spacial score (nSPS) is 21.8. The number of non-ortho nitro benzene ring substituents is 1. The highest BCUT2D eigenvalue weighted by molar-refractivity contribution is 5.63. The lowest BCUT2D eigenvalue weighted by atomic mass is 9.81. The van der Waals surface area contributed by atoms with Crippen LogP contribution in [0.1, 0.15) is 39.0 Å². The first kappa shape index (κ1) is 15.6. The lowest BCUT2D eigenvalue weighted by Crippen LogP contribution is -2.21. The second-order valence-corrected chi connectivity index (χ2v) is 5.85. The number of hydrazine groups is 1. The molecule has 1 aromatic rings. The molecule has 1 fully saturated rings. The van der Waals surface area contributed by atoms with E-state index in [1.807, 2.05) is 0 Å². The Bertz CT molecular complexity index is 485. The Morgan fingerprint density at radius 3 is 2.38 bits per heavy atom. The Morgan fingerprint density at radius 1 is 1.19 bits per heavy atom. The van der Waals surface area contributed by atoms with Crippen molar-refractivity contribution in [1.29, 1.82) is 0 Å². The van der Waals surface area contributed by atoms with Crippen LogP contribution >= 0.6 is 0 Å². The molecule has 116 valence electrons. The molecule has 6 nitrogen and oxygen atoms in total. The minimum Gasteiger partial charge on any atom is -0.385 e. The van der Waals surface area contributed by atoms with Crippen molar-refractivity contribution in [3.8, 4) is 0 Å². The molecule has 0 atom stereocenters. The number of hydrogen-bond acceptors (Lipinski definition) is 5. The Kier molecular flexibility index (Phi) is 5.38. The van der Waals surface area contributed by atoms with Gasteiger partial charge >= 0.3 is 0 Å². The fraction of sp³-hybridized carbons (Fsp3) is 0.600. The van der Waals surface area contributed by atoms with Crippen LogP contribution in [0.2, 0.25) is 0 Å². The number of hydrogen-bond donors (Lipinski definition) is 3. The number of nitrogens with one attached hydrogen (secondary N) is 2. The fourth-order valence-electron chi connectivity index (χ4n) is 3.01. The summed E-state index contributed by atoms with van der Waals surface area (Å²) in [6.07, 6.45) is 6.35. The summed E-state index contributed by atoms with van der Waals surface area (Å²) < 4.78 is 0. The number of nitro groups is 1. The van der Waals surface area contributed by atoms with E-state index < -0.39 is 4.92 Å². The van der Waals surface area contributed by atoms with E-state index in [0.29, 0.717) is 11.6 Å². The third-order valence-electron chi connectivity index (χ3n) is 4.43. The number of anilines is 2. The first-order valence-corrected chi connectivity index (χ1v) is 7.62. The lowest BCUT2D eigenvalue weighted by molar-refractivity contribution is -0.384. The third-order valence-corrected chi connectivity index (χ3v) is 4.43. The lowest BCUT2D eigenvalue weighted by Gasteiger charge is -2.28. The first-order valence-electron chi connectivity index (χ1n) is 7.62. The van der Waals surface area contributed by atoms with Crippen molar-refractivity contribution in [3.63, 3.8) is 0 Å². The minimum absolute atomic E-state index is 0.0441. The summed E-state index contributed by atoms with van der Waals surface area (Å²) in [7, 11) is 0. The molecule has 1 saturated carbocycles. The summed E-state index contributed by atoms with van der Waals surface area (Å²) in [4.78, 5) is 10.5. The van der Waals surface area contributed by atoms with Crippen LogP contribution in [-0.2, 0) is 0 Å². The molecule has 0 aliphatic heterocycles. The highest BCUT2D eigenvalue weighted by Gasteiger charge is 2.20. The molecule has 1 aromatic carbocycles. The summed E-state index contributed by atoms with van der Waals surface area (Å²) in [5.74, 6) is 6.89. The van der Waals surface area contributed by atoms with Gasteiger partial charge in [0, 0.05) is 24.4 Å². The third kappa shape index (κ3) is 4.32. The van der Waals surface area contributed by atoms with E-state index >= 15 is 0 Å². The van der Waals surface area contributed by atoms with Gasteiger partial charge in [-0.25, -0.2) is 0 Å². The summed E-state index contributed by atoms with van der Waals surface area (Å²) in [5.41, 5.74) is 3.80. The van der Waals surface area contributed by atoms with Gasteiger partial charge in [-0.3, -0.25) is 16.0 Å². The maximum absolute atomic E-state index is 10.9. The molecule has 0 aromatic heterocycles. The van der Waals surface area contributed by atoms with E-state index in [1.165, 1.54) is 38.2 Å². The molecule has 0 bridgehead atoms. The molecule has 6 heteroatoms. The number of nitrogens with zero attached hydrogens (tertiary/aromatic N) is 1. The van der Waals surface area contributed by atoms with Crippen LogP contribution in [0.25, 0.3) is 0 Å². The van der Waals surface area contributed by atoms with E-state index in [0.717, 1.165) is 18.2 Å². The molecule has 0 radical (unpaired) electrons. The van der Waals surface area contributed by atoms with Gasteiger partial charge in [0.15, 0.2) is 0 Å². The maximum atomic E-state index is 10.9. The summed E-state index contributed by atoms with van der Waals surface area (Å²) in [6, 6.07) is 4.78. The van der Waals surface area contributed by atoms with Crippen LogP contribution in [0.5, 0.6) is 0 Å². The quantitative estimate of drug-likeness (QED) is 0.424. The van der Waals surface area contributed by atoms with Crippen LogP contribution in [0.4, 0.5) is 17.1 Å². The Morgan fingerprint density at radius 2 is 1.81 bits per heavy atom. The highest BCUT2D eigenvalue weighted by atomic mass is 16.6. The van der Waals surface area contributed by atoms with E-state index in [1.54, 1.807) is 12.1 Å². The van der Waals surface area contributed by atoms with Crippen molar-refractivity contribution in [3.05, 3.63) is 28.3 Å². The first-order chi connectivity index (χ1) is 10.1. The zero-order chi connectivity index (χ0) is 15.2. The van der Waals surface area contributed by atoms with Crippen molar-refractivity contribution in [2.45, 2.75) is 39.0 Å². The van der Waals surface area contributed by atoms with Gasteiger partial charge in [-0.2, -0.15) is 0 Å². The molecule has 0 spiro atoms. The number of rotatable bonds is 6. The monoisotopic (exact) mass is 292 g/mol. The van der Waals surface area contributed by atoms with E-state index in [9.17, 15) is 10.1 Å². The average Bonchev–Trinajstić information content (AvgIpc) is 2.53. The number of benzene rings is 1. The predicted octanol–water partition coefficient (Wildman–Crippen LogP) is 3.51. The smallest absolute Gasteiger partial charge is 0.273 e. The van der Waals surface area contributed by atoms with Crippen molar-refractivity contribution in [2.75, 3.05) is 17.3 Å². The minimum atomic E-state index is -0.404. The Labute approximate surface area is 125 Å². The molecule has 0 unspecified atom stereocenters. The molecule has 1 aliphatic rings. The summed E-state index contributed by atoms with van der Waals surface area (Å²) in [6.45, 7) is 3.12. The maximum Gasteiger partial charge on any atom is 0.273 e. The van der Waals surface area contributed by atoms with Crippen molar-refractivity contribution >= 4 is 17.1 Å². The SMILES string of the molecule is CCC1CCC(CNc2cc(NN)cc([N+](=O)[O-])c2)CC1. The van der Waals surface area contributed by atoms with E-state index in [-0.39, 0.29) is 5.69 Å². The van der Waals surface area contributed by atoms with E-state index in [4.69, 9.17) is 5.84 Å². The molecular formula is C15H24N4O2. The molecular weight excluding hydrogens is 268 g/mol. The number of nitro benzene ring substituents is 1. The number of nitrogens with two attached hydrogens (primary N) is 1. The molecule has 0 amide bonds. The van der Waals surface area contributed by atoms with E-state index in [2.05, 4.69) is 17.7 Å². The Balaban J connectivity index is 1.93. The Hall–Kier alpha value is -1.82. The molecule has 0 heterocycles. The second-order valence-electron chi connectivity index (χ2n) is 5.85.